The minimum absolute atomic E-state index is 0.00643. The Morgan fingerprint density at radius 3 is 2.67 bits per heavy atom. The molecule has 1 aromatic heterocycles. The van der Waals surface area contributed by atoms with Crippen LogP contribution in [-0.2, 0) is 0 Å². The smallest absolute Gasteiger partial charge is 0.277 e. The Bertz CT molecular complexity index is 608. The molecule has 1 amide bonds. The van der Waals surface area contributed by atoms with E-state index in [2.05, 4.69) is 5.10 Å². The van der Waals surface area contributed by atoms with Gasteiger partial charge < -0.3 is 15.1 Å². The molecule has 0 saturated heterocycles. The lowest BCUT2D eigenvalue weighted by atomic mass is 10.2. The van der Waals surface area contributed by atoms with Crippen molar-refractivity contribution in [3.63, 3.8) is 0 Å². The first-order chi connectivity index (χ1) is 9.99. The summed E-state index contributed by atoms with van der Waals surface area (Å²) in [7, 11) is 1.62. The van der Waals surface area contributed by atoms with Crippen molar-refractivity contribution in [1.82, 2.24) is 14.7 Å². The van der Waals surface area contributed by atoms with Crippen LogP contribution in [0.2, 0.25) is 0 Å². The molecule has 0 bridgehead atoms. The third-order valence-electron chi connectivity index (χ3n) is 3.15. The van der Waals surface area contributed by atoms with Gasteiger partial charge in [0.1, 0.15) is 0 Å². The number of benzene rings is 1. The number of hydrogen-bond acceptors (Lipinski definition) is 4. The van der Waals surface area contributed by atoms with E-state index in [-0.39, 0.29) is 17.4 Å². The molecule has 0 spiro atoms. The molecular formula is C15H19N3O3. The Morgan fingerprint density at radius 1 is 1.38 bits per heavy atom. The van der Waals surface area contributed by atoms with Gasteiger partial charge in [-0.2, -0.15) is 5.10 Å². The van der Waals surface area contributed by atoms with Crippen LogP contribution in [0.5, 0.6) is 5.75 Å². The normalized spacial score (nSPS) is 12.1. The van der Waals surface area contributed by atoms with Crippen LogP contribution in [-0.4, -0.2) is 50.5 Å². The molecular weight excluding hydrogens is 270 g/mol. The molecule has 21 heavy (non-hydrogen) atoms. The third-order valence-corrected chi connectivity index (χ3v) is 3.15. The molecule has 2 aromatic rings. The highest BCUT2D eigenvalue weighted by Crippen LogP contribution is 2.19. The van der Waals surface area contributed by atoms with E-state index in [0.29, 0.717) is 13.0 Å². The Balaban J connectivity index is 2.17. The Hall–Kier alpha value is -2.34. The number of para-hydroxylation sites is 1. The van der Waals surface area contributed by atoms with Gasteiger partial charge in [0.2, 0.25) is 0 Å². The van der Waals surface area contributed by atoms with Gasteiger partial charge in [-0.25, -0.2) is 4.68 Å². The zero-order valence-corrected chi connectivity index (χ0v) is 12.1. The van der Waals surface area contributed by atoms with Crippen molar-refractivity contribution in [2.75, 3.05) is 13.6 Å². The van der Waals surface area contributed by atoms with E-state index < -0.39 is 6.10 Å². The SMILES string of the molecule is CC(O)CCN(C)C(=O)c1nn(-c2ccccc2)cc1O. The standard InChI is InChI=1S/C15H19N3O3/c1-11(19)8-9-17(2)15(21)14-13(20)10-18(16-14)12-6-4-3-5-7-12/h3-7,10-11,19-20H,8-9H2,1-2H3. The van der Waals surface area contributed by atoms with E-state index in [1.54, 1.807) is 14.0 Å². The zero-order chi connectivity index (χ0) is 15.4. The molecule has 1 atom stereocenters. The highest BCUT2D eigenvalue weighted by atomic mass is 16.3. The zero-order valence-electron chi connectivity index (χ0n) is 12.1. The summed E-state index contributed by atoms with van der Waals surface area (Å²) in [6.07, 6.45) is 1.41. The van der Waals surface area contributed by atoms with Gasteiger partial charge in [0.25, 0.3) is 5.91 Å². The van der Waals surface area contributed by atoms with Crippen molar-refractivity contribution >= 4 is 5.91 Å². The largest absolute Gasteiger partial charge is 0.504 e. The quantitative estimate of drug-likeness (QED) is 0.872. The second-order valence-corrected chi connectivity index (χ2v) is 5.01. The van der Waals surface area contributed by atoms with Crippen molar-refractivity contribution in [1.29, 1.82) is 0 Å². The topological polar surface area (TPSA) is 78.6 Å². The fourth-order valence-corrected chi connectivity index (χ4v) is 1.89. The molecule has 6 heteroatoms. The van der Waals surface area contributed by atoms with Crippen LogP contribution in [0.25, 0.3) is 5.69 Å². The fourth-order valence-electron chi connectivity index (χ4n) is 1.89. The summed E-state index contributed by atoms with van der Waals surface area (Å²) >= 11 is 0. The van der Waals surface area contributed by atoms with E-state index >= 15 is 0 Å². The van der Waals surface area contributed by atoms with Crippen molar-refractivity contribution in [2.24, 2.45) is 0 Å². The van der Waals surface area contributed by atoms with Crippen molar-refractivity contribution in [3.8, 4) is 11.4 Å². The number of aliphatic hydroxyl groups excluding tert-OH is 1. The van der Waals surface area contributed by atoms with Crippen LogP contribution in [0.4, 0.5) is 0 Å². The predicted octanol–water partition coefficient (Wildman–Crippen LogP) is 1.42. The van der Waals surface area contributed by atoms with E-state index in [9.17, 15) is 15.0 Å². The van der Waals surface area contributed by atoms with Gasteiger partial charge in [-0.15, -0.1) is 0 Å². The van der Waals surface area contributed by atoms with Crippen molar-refractivity contribution in [3.05, 3.63) is 42.2 Å². The van der Waals surface area contributed by atoms with Crippen molar-refractivity contribution in [2.45, 2.75) is 19.4 Å². The fraction of sp³-hybridized carbons (Fsp3) is 0.333. The molecule has 0 radical (unpaired) electrons. The average molecular weight is 289 g/mol. The lowest BCUT2D eigenvalue weighted by Crippen LogP contribution is -2.29. The molecule has 0 saturated carbocycles. The van der Waals surface area contributed by atoms with E-state index in [0.717, 1.165) is 5.69 Å². The summed E-state index contributed by atoms with van der Waals surface area (Å²) in [5.74, 6) is -0.532. The number of carbonyl (C=O) groups excluding carboxylic acids is 1. The Morgan fingerprint density at radius 2 is 2.05 bits per heavy atom. The first-order valence-electron chi connectivity index (χ1n) is 6.76. The second kappa shape index (κ2) is 6.41. The Kier molecular flexibility index (Phi) is 4.59. The molecule has 1 aromatic carbocycles. The summed E-state index contributed by atoms with van der Waals surface area (Å²) in [5.41, 5.74) is 0.769. The predicted molar refractivity (Wildman–Crippen MR) is 78.5 cm³/mol. The minimum Gasteiger partial charge on any atom is -0.504 e. The maximum absolute atomic E-state index is 12.2. The van der Waals surface area contributed by atoms with Gasteiger partial charge in [-0.3, -0.25) is 4.79 Å². The number of aromatic nitrogens is 2. The maximum Gasteiger partial charge on any atom is 0.277 e. The maximum atomic E-state index is 12.2. The second-order valence-electron chi connectivity index (χ2n) is 5.01. The first-order valence-corrected chi connectivity index (χ1v) is 6.76. The average Bonchev–Trinajstić information content (AvgIpc) is 2.86. The number of aliphatic hydroxyl groups is 1. The third kappa shape index (κ3) is 3.61. The van der Waals surface area contributed by atoms with Crippen LogP contribution in [0.15, 0.2) is 36.5 Å². The molecule has 0 fully saturated rings. The van der Waals surface area contributed by atoms with Crippen LogP contribution >= 0.6 is 0 Å². The van der Waals surface area contributed by atoms with Gasteiger partial charge in [0.05, 0.1) is 18.0 Å². The highest BCUT2D eigenvalue weighted by molar-refractivity contribution is 5.94. The molecule has 0 aliphatic carbocycles. The number of amides is 1. The number of aromatic hydroxyl groups is 1. The lowest BCUT2D eigenvalue weighted by Gasteiger charge is -2.16. The van der Waals surface area contributed by atoms with Crippen LogP contribution < -0.4 is 0 Å². The summed E-state index contributed by atoms with van der Waals surface area (Å²) < 4.78 is 1.46. The van der Waals surface area contributed by atoms with Gasteiger partial charge >= 0.3 is 0 Å². The summed E-state index contributed by atoms with van der Waals surface area (Å²) in [5, 5.41) is 23.3. The van der Waals surface area contributed by atoms with Gasteiger partial charge in [0, 0.05) is 13.6 Å². The van der Waals surface area contributed by atoms with Crippen molar-refractivity contribution < 1.29 is 15.0 Å². The van der Waals surface area contributed by atoms with Gasteiger partial charge in [0.15, 0.2) is 11.4 Å². The monoisotopic (exact) mass is 289 g/mol. The molecule has 2 N–H and O–H groups in total. The van der Waals surface area contributed by atoms with E-state index in [4.69, 9.17) is 0 Å². The number of nitrogens with zero attached hydrogens (tertiary/aromatic N) is 3. The van der Waals surface area contributed by atoms with Crippen LogP contribution in [0, 0.1) is 0 Å². The molecule has 0 aliphatic rings. The summed E-state index contributed by atoms with van der Waals surface area (Å²) in [6.45, 7) is 2.06. The number of carbonyl (C=O) groups is 1. The molecule has 0 aliphatic heterocycles. The molecule has 1 heterocycles. The lowest BCUT2D eigenvalue weighted by molar-refractivity contribution is 0.0760. The molecule has 112 valence electrons. The first kappa shape index (κ1) is 15.1. The summed E-state index contributed by atoms with van der Waals surface area (Å²) in [4.78, 5) is 13.7. The molecule has 6 nitrogen and oxygen atoms in total. The van der Waals surface area contributed by atoms with Gasteiger partial charge in [-0.1, -0.05) is 18.2 Å². The number of hydrogen-bond donors (Lipinski definition) is 2. The highest BCUT2D eigenvalue weighted by Gasteiger charge is 2.20. The van der Waals surface area contributed by atoms with Crippen LogP contribution in [0.1, 0.15) is 23.8 Å². The molecule has 1 unspecified atom stereocenters. The van der Waals surface area contributed by atoms with E-state index in [1.807, 2.05) is 30.3 Å². The number of rotatable bonds is 5. The Labute approximate surface area is 123 Å². The minimum atomic E-state index is -0.476. The van der Waals surface area contributed by atoms with Crippen LogP contribution in [0.3, 0.4) is 0 Å². The summed E-state index contributed by atoms with van der Waals surface area (Å²) in [6, 6.07) is 9.24. The van der Waals surface area contributed by atoms with E-state index in [1.165, 1.54) is 15.8 Å². The van der Waals surface area contributed by atoms with Gasteiger partial charge in [-0.05, 0) is 25.5 Å². The molecule has 2 rings (SSSR count).